The van der Waals surface area contributed by atoms with E-state index in [0.29, 0.717) is 11.3 Å². The molecule has 1 heterocycles. The highest BCUT2D eigenvalue weighted by Gasteiger charge is 2.17. The fourth-order valence-corrected chi connectivity index (χ4v) is 3.38. The molecule has 1 unspecified atom stereocenters. The Labute approximate surface area is 171 Å². The van der Waals surface area contributed by atoms with Gasteiger partial charge in [-0.05, 0) is 56.5 Å². The molecule has 0 saturated heterocycles. The Morgan fingerprint density at radius 1 is 1.03 bits per heavy atom. The van der Waals surface area contributed by atoms with Crippen LogP contribution in [-0.2, 0) is 11.2 Å². The first-order chi connectivity index (χ1) is 13.9. The van der Waals surface area contributed by atoms with Crippen LogP contribution in [0, 0.1) is 13.8 Å². The van der Waals surface area contributed by atoms with E-state index in [2.05, 4.69) is 15.6 Å². The maximum atomic E-state index is 12.8. The lowest BCUT2D eigenvalue weighted by Crippen LogP contribution is -2.32. The van der Waals surface area contributed by atoms with Crippen molar-refractivity contribution >= 4 is 28.4 Å². The molecule has 3 aromatic rings. The smallest absolute Gasteiger partial charge is 0.253 e. The van der Waals surface area contributed by atoms with Crippen LogP contribution < -0.4 is 10.6 Å². The molecule has 2 amide bonds. The van der Waals surface area contributed by atoms with Crippen molar-refractivity contribution in [1.29, 1.82) is 0 Å². The van der Waals surface area contributed by atoms with E-state index in [1.54, 1.807) is 18.2 Å². The van der Waals surface area contributed by atoms with E-state index in [9.17, 15) is 9.59 Å². The second-order valence-corrected chi connectivity index (χ2v) is 7.37. The van der Waals surface area contributed by atoms with Crippen molar-refractivity contribution in [3.8, 4) is 0 Å². The summed E-state index contributed by atoms with van der Waals surface area (Å²) in [5, 5.41) is 6.90. The highest BCUT2D eigenvalue weighted by Crippen LogP contribution is 2.23. The second kappa shape index (κ2) is 8.86. The molecule has 1 aromatic heterocycles. The van der Waals surface area contributed by atoms with E-state index < -0.39 is 0 Å². The third-order valence-electron chi connectivity index (χ3n) is 5.26. The van der Waals surface area contributed by atoms with Crippen LogP contribution in [0.1, 0.15) is 47.4 Å². The molecule has 0 aliphatic carbocycles. The zero-order valence-corrected chi connectivity index (χ0v) is 17.4. The number of hydrogen-bond acceptors (Lipinski definition) is 3. The molecule has 150 valence electrons. The molecule has 0 aliphatic heterocycles. The second-order valence-electron chi connectivity index (χ2n) is 7.37. The van der Waals surface area contributed by atoms with Crippen molar-refractivity contribution < 1.29 is 9.59 Å². The molecule has 1 atom stereocenters. The molecule has 0 spiro atoms. The number of para-hydroxylation sites is 2. The van der Waals surface area contributed by atoms with Gasteiger partial charge >= 0.3 is 0 Å². The Morgan fingerprint density at radius 3 is 2.48 bits per heavy atom. The van der Waals surface area contributed by atoms with E-state index >= 15 is 0 Å². The number of hydrogen-bond donors (Lipinski definition) is 2. The van der Waals surface area contributed by atoms with Crippen molar-refractivity contribution in [3.63, 3.8) is 0 Å². The van der Waals surface area contributed by atoms with E-state index in [1.807, 2.05) is 58.0 Å². The third-order valence-corrected chi connectivity index (χ3v) is 5.26. The first-order valence-electron chi connectivity index (χ1n) is 9.95. The average molecular weight is 389 g/mol. The van der Waals surface area contributed by atoms with Crippen LogP contribution in [0.3, 0.4) is 0 Å². The molecule has 2 aromatic carbocycles. The molecule has 0 aliphatic rings. The van der Waals surface area contributed by atoms with E-state index in [4.69, 9.17) is 0 Å². The summed E-state index contributed by atoms with van der Waals surface area (Å²) in [5.41, 5.74) is 4.74. The van der Waals surface area contributed by atoms with Gasteiger partial charge in [-0.1, -0.05) is 37.3 Å². The van der Waals surface area contributed by atoms with Gasteiger partial charge in [-0.3, -0.25) is 14.6 Å². The minimum absolute atomic E-state index is 0.0697. The molecule has 3 rings (SSSR count). The zero-order valence-electron chi connectivity index (χ0n) is 17.4. The van der Waals surface area contributed by atoms with Gasteiger partial charge in [-0.25, -0.2) is 0 Å². The summed E-state index contributed by atoms with van der Waals surface area (Å²) in [6.07, 6.45) is 1.05. The van der Waals surface area contributed by atoms with Crippen LogP contribution in [0.25, 0.3) is 10.9 Å². The fraction of sp³-hybridized carbons (Fsp3) is 0.292. The molecule has 29 heavy (non-hydrogen) atoms. The number of nitrogens with zero attached hydrogens (tertiary/aromatic N) is 1. The van der Waals surface area contributed by atoms with Crippen LogP contribution in [-0.4, -0.2) is 22.8 Å². The minimum atomic E-state index is -0.185. The number of amides is 2. The lowest BCUT2D eigenvalue weighted by atomic mass is 9.99. The number of benzene rings is 2. The van der Waals surface area contributed by atoms with Gasteiger partial charge < -0.3 is 10.6 Å². The number of rotatable bonds is 6. The SMILES string of the molecule is CCC(C)NC(=O)c1ccccc1NC(=O)Cc1c(C)nc2ccccc2c1C. The Hall–Kier alpha value is -3.21. The summed E-state index contributed by atoms with van der Waals surface area (Å²) in [4.78, 5) is 30.0. The van der Waals surface area contributed by atoms with E-state index in [1.165, 1.54) is 0 Å². The van der Waals surface area contributed by atoms with Crippen molar-refractivity contribution in [1.82, 2.24) is 10.3 Å². The number of nitrogens with one attached hydrogen (secondary N) is 2. The normalized spacial score (nSPS) is 11.9. The van der Waals surface area contributed by atoms with Gasteiger partial charge in [-0.15, -0.1) is 0 Å². The van der Waals surface area contributed by atoms with E-state index in [0.717, 1.165) is 34.1 Å². The summed E-state index contributed by atoms with van der Waals surface area (Å²) >= 11 is 0. The predicted octanol–water partition coefficient (Wildman–Crippen LogP) is 4.56. The molecule has 5 nitrogen and oxygen atoms in total. The monoisotopic (exact) mass is 389 g/mol. The van der Waals surface area contributed by atoms with Gasteiger partial charge in [0, 0.05) is 17.1 Å². The van der Waals surface area contributed by atoms with Crippen LogP contribution in [0.5, 0.6) is 0 Å². The standard InChI is InChI=1S/C24H27N3O2/c1-5-15(2)25-24(29)19-11-7-9-13-22(19)27-23(28)14-20-16(3)18-10-6-8-12-21(18)26-17(20)4/h6-13,15H,5,14H2,1-4H3,(H,25,29)(H,27,28). The highest BCUT2D eigenvalue weighted by atomic mass is 16.2. The Balaban J connectivity index is 1.82. The molecule has 0 radical (unpaired) electrons. The summed E-state index contributed by atoms with van der Waals surface area (Å²) in [7, 11) is 0. The van der Waals surface area contributed by atoms with Crippen LogP contribution >= 0.6 is 0 Å². The maximum Gasteiger partial charge on any atom is 0.253 e. The number of pyridine rings is 1. The number of carbonyl (C=O) groups excluding carboxylic acids is 2. The number of aromatic nitrogens is 1. The predicted molar refractivity (Wildman–Crippen MR) is 117 cm³/mol. The molecule has 0 bridgehead atoms. The molecule has 2 N–H and O–H groups in total. The molecule has 0 fully saturated rings. The van der Waals surface area contributed by atoms with Gasteiger partial charge in [-0.2, -0.15) is 0 Å². The molecular formula is C24H27N3O2. The highest BCUT2D eigenvalue weighted by molar-refractivity contribution is 6.04. The van der Waals surface area contributed by atoms with Gasteiger partial charge in [0.05, 0.1) is 23.2 Å². The zero-order chi connectivity index (χ0) is 21.0. The topological polar surface area (TPSA) is 71.1 Å². The maximum absolute atomic E-state index is 12.8. The van der Waals surface area contributed by atoms with Crippen LogP contribution in [0.2, 0.25) is 0 Å². The lowest BCUT2D eigenvalue weighted by molar-refractivity contribution is -0.115. The largest absolute Gasteiger partial charge is 0.350 e. The Bertz CT molecular complexity index is 1060. The van der Waals surface area contributed by atoms with Crippen LogP contribution in [0.15, 0.2) is 48.5 Å². The number of anilines is 1. The fourth-order valence-electron chi connectivity index (χ4n) is 3.38. The quantitative estimate of drug-likeness (QED) is 0.649. The number of aryl methyl sites for hydroxylation is 2. The Morgan fingerprint density at radius 2 is 1.72 bits per heavy atom. The first kappa shape index (κ1) is 20.5. The minimum Gasteiger partial charge on any atom is -0.350 e. The number of carbonyl (C=O) groups is 2. The summed E-state index contributed by atoms with van der Waals surface area (Å²) in [5.74, 6) is -0.355. The number of fused-ring (bicyclic) bond motifs is 1. The molecule has 0 saturated carbocycles. The van der Waals surface area contributed by atoms with Crippen LogP contribution in [0.4, 0.5) is 5.69 Å². The lowest BCUT2D eigenvalue weighted by Gasteiger charge is -2.16. The van der Waals surface area contributed by atoms with Gasteiger partial charge in [0.1, 0.15) is 0 Å². The van der Waals surface area contributed by atoms with Crippen molar-refractivity contribution in [2.24, 2.45) is 0 Å². The van der Waals surface area contributed by atoms with E-state index in [-0.39, 0.29) is 24.3 Å². The summed E-state index contributed by atoms with van der Waals surface area (Å²) in [6.45, 7) is 7.92. The van der Waals surface area contributed by atoms with Crippen molar-refractivity contribution in [3.05, 3.63) is 70.9 Å². The summed E-state index contributed by atoms with van der Waals surface area (Å²) < 4.78 is 0. The van der Waals surface area contributed by atoms with Gasteiger partial charge in [0.25, 0.3) is 5.91 Å². The average Bonchev–Trinajstić information content (AvgIpc) is 2.71. The first-order valence-corrected chi connectivity index (χ1v) is 9.95. The molecule has 5 heteroatoms. The van der Waals surface area contributed by atoms with Gasteiger partial charge in [0.15, 0.2) is 0 Å². The van der Waals surface area contributed by atoms with Crippen molar-refractivity contribution in [2.75, 3.05) is 5.32 Å². The Kier molecular flexibility index (Phi) is 6.27. The molecular weight excluding hydrogens is 362 g/mol. The van der Waals surface area contributed by atoms with Gasteiger partial charge in [0.2, 0.25) is 5.91 Å². The summed E-state index contributed by atoms with van der Waals surface area (Å²) in [6, 6.07) is 15.1. The van der Waals surface area contributed by atoms with Crippen molar-refractivity contribution in [2.45, 2.75) is 46.6 Å². The third kappa shape index (κ3) is 4.62.